The van der Waals surface area contributed by atoms with Crippen molar-refractivity contribution in [2.75, 3.05) is 26.2 Å². The van der Waals surface area contributed by atoms with Crippen molar-refractivity contribution in [1.29, 1.82) is 0 Å². The molecule has 3 rings (SSSR count). The van der Waals surface area contributed by atoms with Crippen molar-refractivity contribution in [3.05, 3.63) is 30.0 Å². The van der Waals surface area contributed by atoms with E-state index in [9.17, 15) is 14.7 Å². The van der Waals surface area contributed by atoms with Crippen molar-refractivity contribution in [3.8, 4) is 5.88 Å². The fourth-order valence-corrected chi connectivity index (χ4v) is 3.88. The summed E-state index contributed by atoms with van der Waals surface area (Å²) in [5.41, 5.74) is 2.23. The Labute approximate surface area is 176 Å². The lowest BCUT2D eigenvalue weighted by molar-refractivity contribution is -0.125. The molecule has 0 bridgehead atoms. The Kier molecular flexibility index (Phi) is 7.68. The van der Waals surface area contributed by atoms with Gasteiger partial charge in [0.25, 0.3) is 0 Å². The number of piperidine rings is 1. The minimum absolute atomic E-state index is 0.00209. The average molecular weight is 418 g/mol. The number of ether oxygens (including phenoxy) is 1. The SMILES string of the molecule is C[C@@H](O)CNC(=O)C1CC=C(c2ccc(OCC3CCN(C(=O)O)CC3)nc2)CC1. The number of carbonyl (C=O) groups is 2. The number of aliphatic hydroxyl groups excluding tert-OH is 1. The lowest BCUT2D eigenvalue weighted by atomic mass is 9.86. The first-order valence-electron chi connectivity index (χ1n) is 10.6. The van der Waals surface area contributed by atoms with Crippen LogP contribution < -0.4 is 10.1 Å². The second-order valence-electron chi connectivity index (χ2n) is 8.20. The summed E-state index contributed by atoms with van der Waals surface area (Å²) in [6.45, 7) is 3.60. The molecule has 2 amide bonds. The van der Waals surface area contributed by atoms with Crippen LogP contribution in [0.2, 0.25) is 0 Å². The Morgan fingerprint density at radius 3 is 2.63 bits per heavy atom. The molecule has 8 nitrogen and oxygen atoms in total. The largest absolute Gasteiger partial charge is 0.477 e. The van der Waals surface area contributed by atoms with Gasteiger partial charge in [-0.3, -0.25) is 4.79 Å². The van der Waals surface area contributed by atoms with Crippen molar-refractivity contribution in [3.63, 3.8) is 0 Å². The molecule has 1 aromatic rings. The minimum Gasteiger partial charge on any atom is -0.477 e. The predicted octanol–water partition coefficient (Wildman–Crippen LogP) is 2.53. The van der Waals surface area contributed by atoms with Gasteiger partial charge in [0.05, 0.1) is 12.7 Å². The third kappa shape index (κ3) is 6.19. The molecule has 0 aromatic carbocycles. The van der Waals surface area contributed by atoms with Gasteiger partial charge < -0.3 is 25.2 Å². The number of allylic oxidation sites excluding steroid dienone is 2. The summed E-state index contributed by atoms with van der Waals surface area (Å²) in [6.07, 6.45) is 6.43. The molecule has 0 saturated carbocycles. The third-order valence-electron chi connectivity index (χ3n) is 5.81. The predicted molar refractivity (Wildman–Crippen MR) is 112 cm³/mol. The van der Waals surface area contributed by atoms with Crippen molar-refractivity contribution in [1.82, 2.24) is 15.2 Å². The number of aliphatic hydroxyl groups is 1. The second kappa shape index (κ2) is 10.4. The zero-order chi connectivity index (χ0) is 21.5. The first kappa shape index (κ1) is 22.1. The molecular formula is C22H31N3O5. The summed E-state index contributed by atoms with van der Waals surface area (Å²) in [7, 11) is 0. The summed E-state index contributed by atoms with van der Waals surface area (Å²) in [5, 5.41) is 21.1. The molecule has 8 heteroatoms. The molecule has 1 saturated heterocycles. The molecule has 2 heterocycles. The first-order chi connectivity index (χ1) is 14.4. The average Bonchev–Trinajstić information content (AvgIpc) is 2.77. The van der Waals surface area contributed by atoms with Crippen molar-refractivity contribution in [2.45, 2.75) is 45.1 Å². The van der Waals surface area contributed by atoms with Crippen LogP contribution in [0.5, 0.6) is 5.88 Å². The zero-order valence-electron chi connectivity index (χ0n) is 17.4. The van der Waals surface area contributed by atoms with Gasteiger partial charge in [0.2, 0.25) is 11.8 Å². The van der Waals surface area contributed by atoms with Crippen LogP contribution in [0.25, 0.3) is 5.57 Å². The summed E-state index contributed by atoms with van der Waals surface area (Å²) in [4.78, 5) is 28.9. The van der Waals surface area contributed by atoms with E-state index in [0.29, 0.717) is 37.9 Å². The van der Waals surface area contributed by atoms with Gasteiger partial charge >= 0.3 is 6.09 Å². The summed E-state index contributed by atoms with van der Waals surface area (Å²) in [6, 6.07) is 3.86. The maximum absolute atomic E-state index is 12.1. The maximum Gasteiger partial charge on any atom is 0.407 e. The molecule has 1 aliphatic carbocycles. The molecule has 0 spiro atoms. The molecule has 30 heavy (non-hydrogen) atoms. The molecule has 1 fully saturated rings. The quantitative estimate of drug-likeness (QED) is 0.629. The van der Waals surface area contributed by atoms with Gasteiger partial charge in [-0.1, -0.05) is 6.08 Å². The van der Waals surface area contributed by atoms with Crippen LogP contribution >= 0.6 is 0 Å². The van der Waals surface area contributed by atoms with E-state index in [1.165, 1.54) is 10.5 Å². The standard InChI is InChI=1S/C22H31N3O5/c1-15(26)12-24-21(27)18-4-2-17(3-5-18)19-6-7-20(23-13-19)30-14-16-8-10-25(11-9-16)22(28)29/h2,6-7,13,15-16,18,26H,3-5,8-12,14H2,1H3,(H,24,27)(H,28,29)/t15-,18?/m1/s1. The topological polar surface area (TPSA) is 112 Å². The molecule has 2 aliphatic rings. The van der Waals surface area contributed by atoms with Gasteiger partial charge in [0.15, 0.2) is 0 Å². The van der Waals surface area contributed by atoms with Crippen LogP contribution in [0, 0.1) is 11.8 Å². The Bertz CT molecular complexity index is 755. The van der Waals surface area contributed by atoms with Gasteiger partial charge in [0.1, 0.15) is 0 Å². The molecule has 1 unspecified atom stereocenters. The van der Waals surface area contributed by atoms with Gasteiger partial charge in [-0.05, 0) is 62.1 Å². The normalized spacial score (nSPS) is 20.9. The monoisotopic (exact) mass is 417 g/mol. The molecular weight excluding hydrogens is 386 g/mol. The van der Waals surface area contributed by atoms with E-state index in [1.54, 1.807) is 6.92 Å². The van der Waals surface area contributed by atoms with E-state index < -0.39 is 12.2 Å². The summed E-state index contributed by atoms with van der Waals surface area (Å²) in [5.74, 6) is 0.879. The second-order valence-corrected chi connectivity index (χ2v) is 8.20. The number of likely N-dealkylation sites (tertiary alicyclic amines) is 1. The Balaban J connectivity index is 1.44. The fourth-order valence-electron chi connectivity index (χ4n) is 3.88. The van der Waals surface area contributed by atoms with Crippen molar-refractivity contribution in [2.24, 2.45) is 11.8 Å². The van der Waals surface area contributed by atoms with Crippen LogP contribution in [0.3, 0.4) is 0 Å². The minimum atomic E-state index is -0.852. The van der Waals surface area contributed by atoms with Gasteiger partial charge in [0, 0.05) is 37.8 Å². The smallest absolute Gasteiger partial charge is 0.407 e. The van der Waals surface area contributed by atoms with E-state index in [0.717, 1.165) is 31.2 Å². The van der Waals surface area contributed by atoms with E-state index in [-0.39, 0.29) is 18.4 Å². The Hall–Kier alpha value is -2.61. The lowest BCUT2D eigenvalue weighted by Crippen LogP contribution is -2.38. The number of rotatable bonds is 7. The van der Waals surface area contributed by atoms with Crippen LogP contribution in [-0.2, 0) is 4.79 Å². The van der Waals surface area contributed by atoms with E-state index in [4.69, 9.17) is 9.84 Å². The number of aromatic nitrogens is 1. The zero-order valence-corrected chi connectivity index (χ0v) is 17.4. The Morgan fingerprint density at radius 1 is 1.30 bits per heavy atom. The molecule has 1 aliphatic heterocycles. The van der Waals surface area contributed by atoms with Gasteiger partial charge in [-0.15, -0.1) is 0 Å². The number of nitrogens with one attached hydrogen (secondary N) is 1. The highest BCUT2D eigenvalue weighted by molar-refractivity contribution is 5.80. The van der Waals surface area contributed by atoms with Crippen molar-refractivity contribution >= 4 is 17.6 Å². The molecule has 0 radical (unpaired) electrons. The van der Waals surface area contributed by atoms with Crippen LogP contribution in [0.15, 0.2) is 24.4 Å². The third-order valence-corrected chi connectivity index (χ3v) is 5.81. The van der Waals surface area contributed by atoms with E-state index in [2.05, 4.69) is 16.4 Å². The highest BCUT2D eigenvalue weighted by Gasteiger charge is 2.24. The number of pyridine rings is 1. The van der Waals surface area contributed by atoms with E-state index >= 15 is 0 Å². The molecule has 1 aromatic heterocycles. The highest BCUT2D eigenvalue weighted by atomic mass is 16.5. The van der Waals surface area contributed by atoms with Crippen LogP contribution in [0.4, 0.5) is 4.79 Å². The van der Waals surface area contributed by atoms with Gasteiger partial charge in [-0.25, -0.2) is 9.78 Å². The number of carbonyl (C=O) groups excluding carboxylic acids is 1. The summed E-state index contributed by atoms with van der Waals surface area (Å²) >= 11 is 0. The first-order valence-corrected chi connectivity index (χ1v) is 10.6. The number of hydrogen-bond donors (Lipinski definition) is 3. The number of amides is 2. The van der Waals surface area contributed by atoms with Crippen LogP contribution in [-0.4, -0.2) is 64.4 Å². The van der Waals surface area contributed by atoms with E-state index in [1.807, 2.05) is 18.3 Å². The number of hydrogen-bond acceptors (Lipinski definition) is 5. The highest BCUT2D eigenvalue weighted by Crippen LogP contribution is 2.30. The lowest BCUT2D eigenvalue weighted by Gasteiger charge is -2.29. The molecule has 164 valence electrons. The van der Waals surface area contributed by atoms with Crippen LogP contribution in [0.1, 0.15) is 44.6 Å². The number of carboxylic acid groups (broad SMARTS) is 1. The maximum atomic E-state index is 12.1. The van der Waals surface area contributed by atoms with Crippen molar-refractivity contribution < 1.29 is 24.5 Å². The molecule has 2 atom stereocenters. The fraction of sp³-hybridized carbons (Fsp3) is 0.591. The Morgan fingerprint density at radius 2 is 2.07 bits per heavy atom. The van der Waals surface area contributed by atoms with Gasteiger partial charge in [-0.2, -0.15) is 0 Å². The number of nitrogens with zero attached hydrogens (tertiary/aromatic N) is 2. The molecule has 3 N–H and O–H groups in total. The summed E-state index contributed by atoms with van der Waals surface area (Å²) < 4.78 is 5.81.